The van der Waals surface area contributed by atoms with Crippen molar-refractivity contribution in [1.82, 2.24) is 5.32 Å². The molecule has 2 unspecified atom stereocenters. The van der Waals surface area contributed by atoms with E-state index >= 15 is 0 Å². The van der Waals surface area contributed by atoms with E-state index in [1.165, 1.54) is 19.3 Å². The van der Waals surface area contributed by atoms with Crippen molar-refractivity contribution in [3.63, 3.8) is 0 Å². The van der Waals surface area contributed by atoms with E-state index < -0.39 is 5.97 Å². The highest BCUT2D eigenvalue weighted by atomic mass is 16.4. The minimum Gasteiger partial charge on any atom is -0.481 e. The molecule has 0 aromatic heterocycles. The Morgan fingerprint density at radius 1 is 1.33 bits per heavy atom. The van der Waals surface area contributed by atoms with Gasteiger partial charge in [-0.05, 0) is 44.6 Å². The lowest BCUT2D eigenvalue weighted by molar-refractivity contribution is -0.137. The summed E-state index contributed by atoms with van der Waals surface area (Å²) in [6.07, 6.45) is 7.26. The summed E-state index contributed by atoms with van der Waals surface area (Å²) in [4.78, 5) is 10.3. The van der Waals surface area contributed by atoms with Crippen LogP contribution < -0.4 is 5.32 Å². The van der Waals surface area contributed by atoms with Crippen molar-refractivity contribution in [2.75, 3.05) is 6.54 Å². The molecular formula is C12H23NO2. The molecular weight excluding hydrogens is 190 g/mol. The van der Waals surface area contributed by atoms with E-state index in [-0.39, 0.29) is 0 Å². The summed E-state index contributed by atoms with van der Waals surface area (Å²) < 4.78 is 0. The summed E-state index contributed by atoms with van der Waals surface area (Å²) in [7, 11) is 0. The topological polar surface area (TPSA) is 49.3 Å². The van der Waals surface area contributed by atoms with Crippen molar-refractivity contribution < 1.29 is 9.90 Å². The average Bonchev–Trinajstić information content (AvgIpc) is 2.57. The molecule has 1 aliphatic rings. The van der Waals surface area contributed by atoms with E-state index in [0.29, 0.717) is 6.42 Å². The number of carboxylic acid groups (broad SMARTS) is 1. The Labute approximate surface area is 92.3 Å². The van der Waals surface area contributed by atoms with Crippen LogP contribution in [0.2, 0.25) is 0 Å². The van der Waals surface area contributed by atoms with Crippen LogP contribution in [-0.4, -0.2) is 23.7 Å². The van der Waals surface area contributed by atoms with Crippen molar-refractivity contribution in [1.29, 1.82) is 0 Å². The zero-order valence-electron chi connectivity index (χ0n) is 9.67. The standard InChI is InChI=1S/C12H23NO2/c1-10-6-7-11(9-10)13-8-4-2-3-5-12(14)15/h10-11,13H,2-9H2,1H3,(H,14,15). The maximum Gasteiger partial charge on any atom is 0.303 e. The summed E-state index contributed by atoms with van der Waals surface area (Å²) in [5, 5.41) is 12.0. The Hall–Kier alpha value is -0.570. The summed E-state index contributed by atoms with van der Waals surface area (Å²) in [5.41, 5.74) is 0. The molecule has 3 heteroatoms. The van der Waals surface area contributed by atoms with Crippen LogP contribution in [0.5, 0.6) is 0 Å². The van der Waals surface area contributed by atoms with Crippen LogP contribution >= 0.6 is 0 Å². The molecule has 0 bridgehead atoms. The highest BCUT2D eigenvalue weighted by molar-refractivity contribution is 5.66. The minimum absolute atomic E-state index is 0.320. The minimum atomic E-state index is -0.674. The summed E-state index contributed by atoms with van der Waals surface area (Å²) in [6, 6.07) is 0.722. The Morgan fingerprint density at radius 2 is 2.13 bits per heavy atom. The lowest BCUT2D eigenvalue weighted by atomic mass is 10.1. The molecule has 1 fully saturated rings. The van der Waals surface area contributed by atoms with Gasteiger partial charge in [-0.3, -0.25) is 4.79 Å². The second-order valence-electron chi connectivity index (χ2n) is 4.77. The molecule has 0 saturated heterocycles. The number of nitrogens with one attached hydrogen (secondary N) is 1. The van der Waals surface area contributed by atoms with Crippen LogP contribution in [0.15, 0.2) is 0 Å². The van der Waals surface area contributed by atoms with Gasteiger partial charge in [0.2, 0.25) is 0 Å². The van der Waals surface area contributed by atoms with Gasteiger partial charge in [0.1, 0.15) is 0 Å². The van der Waals surface area contributed by atoms with Crippen molar-refractivity contribution in [3.8, 4) is 0 Å². The van der Waals surface area contributed by atoms with Gasteiger partial charge in [-0.2, -0.15) is 0 Å². The predicted molar refractivity (Wildman–Crippen MR) is 60.9 cm³/mol. The Balaban J connectivity index is 1.87. The first kappa shape index (κ1) is 12.5. The number of hydrogen-bond donors (Lipinski definition) is 2. The highest BCUT2D eigenvalue weighted by Gasteiger charge is 2.19. The van der Waals surface area contributed by atoms with Crippen LogP contribution in [0.3, 0.4) is 0 Å². The van der Waals surface area contributed by atoms with Gasteiger partial charge >= 0.3 is 5.97 Å². The summed E-state index contributed by atoms with van der Waals surface area (Å²) in [6.45, 7) is 3.37. The van der Waals surface area contributed by atoms with E-state index in [4.69, 9.17) is 5.11 Å². The van der Waals surface area contributed by atoms with Crippen LogP contribution in [-0.2, 0) is 4.79 Å². The van der Waals surface area contributed by atoms with Crippen LogP contribution in [0.1, 0.15) is 51.9 Å². The first-order valence-electron chi connectivity index (χ1n) is 6.13. The second-order valence-corrected chi connectivity index (χ2v) is 4.77. The van der Waals surface area contributed by atoms with Crippen molar-refractivity contribution in [3.05, 3.63) is 0 Å². The summed E-state index contributed by atoms with van der Waals surface area (Å²) >= 11 is 0. The van der Waals surface area contributed by atoms with E-state index in [1.54, 1.807) is 0 Å². The number of hydrogen-bond acceptors (Lipinski definition) is 2. The maximum atomic E-state index is 10.3. The fourth-order valence-corrected chi connectivity index (χ4v) is 2.28. The lowest BCUT2D eigenvalue weighted by Gasteiger charge is -2.11. The van der Waals surface area contributed by atoms with Gasteiger partial charge in [0, 0.05) is 12.5 Å². The van der Waals surface area contributed by atoms with Gasteiger partial charge in [0.15, 0.2) is 0 Å². The first-order valence-corrected chi connectivity index (χ1v) is 6.13. The lowest BCUT2D eigenvalue weighted by Crippen LogP contribution is -2.27. The highest BCUT2D eigenvalue weighted by Crippen LogP contribution is 2.24. The largest absolute Gasteiger partial charge is 0.481 e. The van der Waals surface area contributed by atoms with E-state index in [1.807, 2.05) is 0 Å². The van der Waals surface area contributed by atoms with Gasteiger partial charge < -0.3 is 10.4 Å². The molecule has 88 valence electrons. The molecule has 2 atom stereocenters. The second kappa shape index (κ2) is 6.83. The molecule has 3 nitrogen and oxygen atoms in total. The molecule has 1 saturated carbocycles. The van der Waals surface area contributed by atoms with Crippen LogP contribution in [0.25, 0.3) is 0 Å². The first-order chi connectivity index (χ1) is 7.18. The zero-order chi connectivity index (χ0) is 11.1. The normalized spacial score (nSPS) is 25.7. The van der Waals surface area contributed by atoms with Crippen molar-refractivity contribution in [2.24, 2.45) is 5.92 Å². The van der Waals surface area contributed by atoms with Crippen molar-refractivity contribution in [2.45, 2.75) is 57.9 Å². The molecule has 0 aliphatic heterocycles. The Kier molecular flexibility index (Phi) is 5.69. The monoisotopic (exact) mass is 213 g/mol. The van der Waals surface area contributed by atoms with Crippen LogP contribution in [0.4, 0.5) is 0 Å². The quantitative estimate of drug-likeness (QED) is 0.638. The SMILES string of the molecule is CC1CCC(NCCCCCC(=O)O)C1. The summed E-state index contributed by atoms with van der Waals surface area (Å²) in [5.74, 6) is 0.210. The zero-order valence-corrected chi connectivity index (χ0v) is 9.67. The molecule has 0 aromatic carbocycles. The third kappa shape index (κ3) is 5.78. The molecule has 1 rings (SSSR count). The van der Waals surface area contributed by atoms with Gasteiger partial charge in [-0.1, -0.05) is 13.3 Å². The van der Waals surface area contributed by atoms with Gasteiger partial charge in [0.05, 0.1) is 0 Å². The predicted octanol–water partition coefficient (Wildman–Crippen LogP) is 2.41. The average molecular weight is 213 g/mol. The van der Waals surface area contributed by atoms with Crippen molar-refractivity contribution >= 4 is 5.97 Å². The Bertz CT molecular complexity index is 194. The van der Waals surface area contributed by atoms with E-state index in [0.717, 1.165) is 37.8 Å². The number of unbranched alkanes of at least 4 members (excludes halogenated alkanes) is 2. The van der Waals surface area contributed by atoms with Gasteiger partial charge in [-0.15, -0.1) is 0 Å². The Morgan fingerprint density at radius 3 is 2.73 bits per heavy atom. The fourth-order valence-electron chi connectivity index (χ4n) is 2.28. The molecule has 0 heterocycles. The number of aliphatic carboxylic acids is 1. The molecule has 15 heavy (non-hydrogen) atoms. The molecule has 0 radical (unpaired) electrons. The number of carbonyl (C=O) groups is 1. The number of carboxylic acids is 1. The molecule has 2 N–H and O–H groups in total. The molecule has 1 aliphatic carbocycles. The third-order valence-electron chi connectivity index (χ3n) is 3.20. The van der Waals surface area contributed by atoms with Crippen LogP contribution in [0, 0.1) is 5.92 Å². The third-order valence-corrected chi connectivity index (χ3v) is 3.20. The van der Waals surface area contributed by atoms with Gasteiger partial charge in [0.25, 0.3) is 0 Å². The van der Waals surface area contributed by atoms with E-state index in [2.05, 4.69) is 12.2 Å². The molecule has 0 amide bonds. The molecule has 0 aromatic rings. The number of rotatable bonds is 7. The smallest absolute Gasteiger partial charge is 0.303 e. The maximum absolute atomic E-state index is 10.3. The van der Waals surface area contributed by atoms with Gasteiger partial charge in [-0.25, -0.2) is 0 Å². The van der Waals surface area contributed by atoms with E-state index in [9.17, 15) is 4.79 Å². The fraction of sp³-hybridized carbons (Fsp3) is 0.917. The molecule has 0 spiro atoms.